The maximum atomic E-state index is 2.22. The minimum absolute atomic E-state index is 1.33. The van der Waals surface area contributed by atoms with Gasteiger partial charge in [0.25, 0.3) is 0 Å². The smallest absolute Gasteiger partial charge is 0.0181 e. The molecular weight excluding hydrogens is 312 g/mol. The van der Waals surface area contributed by atoms with Crippen LogP contribution in [0, 0.1) is 27.7 Å². The van der Waals surface area contributed by atoms with E-state index in [2.05, 4.69) is 100 Å². The normalized spacial score (nSPS) is 9.92. The highest BCUT2D eigenvalue weighted by atomic mass is 14.0. The summed E-state index contributed by atoms with van der Waals surface area (Å²) in [5.41, 5.74) is 5.30. The van der Waals surface area contributed by atoms with E-state index in [1.165, 1.54) is 43.8 Å². The molecule has 0 aliphatic heterocycles. The number of fused-ring (bicyclic) bond motifs is 2. The fourth-order valence-electron chi connectivity index (χ4n) is 2.97. The predicted molar refractivity (Wildman–Crippen MR) is 118 cm³/mol. The molecule has 0 saturated carbocycles. The highest BCUT2D eigenvalue weighted by Gasteiger charge is 1.93. The van der Waals surface area contributed by atoms with Crippen LogP contribution in [0.3, 0.4) is 0 Å². The third kappa shape index (κ3) is 5.20. The van der Waals surface area contributed by atoms with Crippen molar-refractivity contribution in [2.45, 2.75) is 41.5 Å². The van der Waals surface area contributed by atoms with Crippen LogP contribution in [0.4, 0.5) is 0 Å². The van der Waals surface area contributed by atoms with Crippen molar-refractivity contribution in [3.8, 4) is 0 Å². The van der Waals surface area contributed by atoms with Crippen LogP contribution in [0.5, 0.6) is 0 Å². The van der Waals surface area contributed by atoms with E-state index in [4.69, 9.17) is 0 Å². The zero-order chi connectivity index (χ0) is 19.1. The van der Waals surface area contributed by atoms with Gasteiger partial charge in [-0.05, 0) is 49.2 Å². The second-order valence-electron chi connectivity index (χ2n) is 6.71. The van der Waals surface area contributed by atoms with E-state index in [0.29, 0.717) is 0 Å². The summed E-state index contributed by atoms with van der Waals surface area (Å²) in [6.07, 6.45) is 0. The first-order valence-corrected chi connectivity index (χ1v) is 9.45. The van der Waals surface area contributed by atoms with E-state index >= 15 is 0 Å². The molecule has 0 aromatic heterocycles. The second kappa shape index (κ2) is 9.20. The number of benzene rings is 4. The minimum Gasteiger partial charge on any atom is -0.0683 e. The van der Waals surface area contributed by atoms with Gasteiger partial charge in [0.15, 0.2) is 0 Å². The lowest BCUT2D eigenvalue weighted by Gasteiger charge is -1.99. The summed E-state index contributed by atoms with van der Waals surface area (Å²) in [7, 11) is 0. The van der Waals surface area contributed by atoms with Crippen LogP contribution in [-0.2, 0) is 0 Å². The monoisotopic (exact) mass is 342 g/mol. The maximum Gasteiger partial charge on any atom is -0.0181 e. The van der Waals surface area contributed by atoms with Crippen LogP contribution in [0.25, 0.3) is 21.5 Å². The molecule has 0 atom stereocenters. The van der Waals surface area contributed by atoms with E-state index in [1.807, 2.05) is 13.8 Å². The molecule has 0 heterocycles. The molecule has 134 valence electrons. The Balaban J connectivity index is 0.000000171. The van der Waals surface area contributed by atoms with Crippen molar-refractivity contribution in [3.05, 3.63) is 95.1 Å². The predicted octanol–water partition coefficient (Wildman–Crippen LogP) is 7.94. The molecular formula is C26H30. The molecule has 0 heteroatoms. The molecule has 26 heavy (non-hydrogen) atoms. The largest absolute Gasteiger partial charge is 0.0683 e. The molecule has 0 aliphatic rings. The van der Waals surface area contributed by atoms with Gasteiger partial charge in [0.1, 0.15) is 0 Å². The van der Waals surface area contributed by atoms with E-state index < -0.39 is 0 Å². The fourth-order valence-corrected chi connectivity index (χ4v) is 2.97. The van der Waals surface area contributed by atoms with Gasteiger partial charge >= 0.3 is 0 Å². The Morgan fingerprint density at radius 3 is 0.731 bits per heavy atom. The molecule has 0 bridgehead atoms. The Labute approximate surface area is 158 Å². The topological polar surface area (TPSA) is 0 Å². The summed E-state index contributed by atoms with van der Waals surface area (Å²) < 4.78 is 0. The number of rotatable bonds is 0. The molecule has 0 radical (unpaired) electrons. The fraction of sp³-hybridized carbons (Fsp3) is 0.231. The lowest BCUT2D eigenvalue weighted by Crippen LogP contribution is -1.76. The van der Waals surface area contributed by atoms with Gasteiger partial charge in [-0.3, -0.25) is 0 Å². The molecule has 4 aromatic carbocycles. The standard InChI is InChI=1S/2C12H12.C2H6/c2*1-9-3-5-12-8-10(2)4-6-11(12)7-9;1-2/h2*3-8H,1-2H3;1-2H3. The molecule has 0 fully saturated rings. The molecule has 4 rings (SSSR count). The van der Waals surface area contributed by atoms with Gasteiger partial charge in [0.2, 0.25) is 0 Å². The maximum absolute atomic E-state index is 2.22. The van der Waals surface area contributed by atoms with E-state index in [1.54, 1.807) is 0 Å². The zero-order valence-electron chi connectivity index (χ0n) is 16.9. The number of aryl methyl sites for hydroxylation is 4. The average Bonchev–Trinajstić information content (AvgIpc) is 2.64. The van der Waals surface area contributed by atoms with Crippen LogP contribution < -0.4 is 0 Å². The lowest BCUT2D eigenvalue weighted by atomic mass is 10.1. The second-order valence-corrected chi connectivity index (χ2v) is 6.71. The van der Waals surface area contributed by atoms with Crippen LogP contribution in [0.1, 0.15) is 36.1 Å². The molecule has 0 saturated heterocycles. The Morgan fingerprint density at radius 2 is 0.538 bits per heavy atom. The molecule has 0 N–H and O–H groups in total. The van der Waals surface area contributed by atoms with Gasteiger partial charge in [-0.25, -0.2) is 0 Å². The van der Waals surface area contributed by atoms with Gasteiger partial charge in [-0.1, -0.05) is 109 Å². The van der Waals surface area contributed by atoms with Gasteiger partial charge in [-0.15, -0.1) is 0 Å². The first-order valence-electron chi connectivity index (χ1n) is 9.45. The first kappa shape index (κ1) is 19.7. The third-order valence-corrected chi connectivity index (χ3v) is 4.30. The summed E-state index contributed by atoms with van der Waals surface area (Å²) in [6.45, 7) is 12.5. The van der Waals surface area contributed by atoms with Gasteiger partial charge in [0.05, 0.1) is 0 Å². The summed E-state index contributed by atoms with van der Waals surface area (Å²) in [5, 5.41) is 5.34. The summed E-state index contributed by atoms with van der Waals surface area (Å²) in [5.74, 6) is 0. The molecule has 0 spiro atoms. The summed E-state index contributed by atoms with van der Waals surface area (Å²) >= 11 is 0. The van der Waals surface area contributed by atoms with Crippen molar-refractivity contribution >= 4 is 21.5 Å². The quantitative estimate of drug-likeness (QED) is 0.304. The van der Waals surface area contributed by atoms with Gasteiger partial charge in [-0.2, -0.15) is 0 Å². The van der Waals surface area contributed by atoms with Gasteiger partial charge in [0, 0.05) is 0 Å². The number of hydrogen-bond acceptors (Lipinski definition) is 0. The van der Waals surface area contributed by atoms with Crippen LogP contribution in [-0.4, -0.2) is 0 Å². The SMILES string of the molecule is CC.Cc1ccc2cc(C)ccc2c1.Cc1ccc2cc(C)ccc2c1. The Kier molecular flexibility index (Phi) is 6.97. The number of hydrogen-bond donors (Lipinski definition) is 0. The highest BCUT2D eigenvalue weighted by Crippen LogP contribution is 2.17. The first-order chi connectivity index (χ1) is 12.5. The summed E-state index contributed by atoms with van der Waals surface area (Å²) in [4.78, 5) is 0. The van der Waals surface area contributed by atoms with Crippen molar-refractivity contribution in [1.82, 2.24) is 0 Å². The molecule has 0 amide bonds. The van der Waals surface area contributed by atoms with E-state index in [9.17, 15) is 0 Å². The van der Waals surface area contributed by atoms with Crippen molar-refractivity contribution in [3.63, 3.8) is 0 Å². The van der Waals surface area contributed by atoms with Crippen molar-refractivity contribution in [2.75, 3.05) is 0 Å². The zero-order valence-corrected chi connectivity index (χ0v) is 16.9. The van der Waals surface area contributed by atoms with Crippen molar-refractivity contribution < 1.29 is 0 Å². The molecule has 0 unspecified atom stereocenters. The average molecular weight is 343 g/mol. The van der Waals surface area contributed by atoms with E-state index in [0.717, 1.165) is 0 Å². The van der Waals surface area contributed by atoms with Crippen molar-refractivity contribution in [2.24, 2.45) is 0 Å². The van der Waals surface area contributed by atoms with Crippen LogP contribution in [0.15, 0.2) is 72.8 Å². The third-order valence-electron chi connectivity index (χ3n) is 4.30. The highest BCUT2D eigenvalue weighted by molar-refractivity contribution is 5.84. The summed E-state index contributed by atoms with van der Waals surface area (Å²) in [6, 6.07) is 26.2. The minimum atomic E-state index is 1.33. The van der Waals surface area contributed by atoms with E-state index in [-0.39, 0.29) is 0 Å². The molecule has 0 nitrogen and oxygen atoms in total. The lowest BCUT2D eigenvalue weighted by molar-refractivity contribution is 1.47. The van der Waals surface area contributed by atoms with Crippen molar-refractivity contribution in [1.29, 1.82) is 0 Å². The van der Waals surface area contributed by atoms with Crippen LogP contribution in [0.2, 0.25) is 0 Å². The molecule has 0 aliphatic carbocycles. The Bertz CT molecular complexity index is 827. The van der Waals surface area contributed by atoms with Gasteiger partial charge < -0.3 is 0 Å². The van der Waals surface area contributed by atoms with Crippen LogP contribution >= 0.6 is 0 Å². The Hall–Kier alpha value is -2.60. The Morgan fingerprint density at radius 1 is 0.346 bits per heavy atom. The molecule has 4 aromatic rings.